The molecule has 7 heteroatoms. The third-order valence-corrected chi connectivity index (χ3v) is 4.91. The Morgan fingerprint density at radius 3 is 2.65 bits per heavy atom. The fourth-order valence-electron chi connectivity index (χ4n) is 3.14. The number of carbonyl (C=O) groups is 3. The molecule has 1 heterocycles. The zero-order chi connectivity index (χ0) is 18.8. The molecule has 3 amide bonds. The first-order chi connectivity index (χ1) is 12.4. The van der Waals surface area contributed by atoms with Gasteiger partial charge in [0.2, 0.25) is 11.8 Å². The Hall–Kier alpha value is -2.67. The summed E-state index contributed by atoms with van der Waals surface area (Å²) in [5, 5.41) is 2.69. The largest absolute Gasteiger partial charge is 0.366 e. The number of hydrogen-bond acceptors (Lipinski definition) is 3. The molecule has 1 unspecified atom stereocenters. The fraction of sp³-hybridized carbons (Fsp3) is 0.211. The Morgan fingerprint density at radius 1 is 1.23 bits per heavy atom. The predicted octanol–water partition coefficient (Wildman–Crippen LogP) is 2.85. The Balaban J connectivity index is 1.79. The Morgan fingerprint density at radius 2 is 1.96 bits per heavy atom. The van der Waals surface area contributed by atoms with Crippen LogP contribution in [0.1, 0.15) is 22.3 Å². The van der Waals surface area contributed by atoms with E-state index in [1.54, 1.807) is 30.0 Å². The van der Waals surface area contributed by atoms with Gasteiger partial charge >= 0.3 is 0 Å². The lowest BCUT2D eigenvalue weighted by Gasteiger charge is -2.17. The lowest BCUT2D eigenvalue weighted by atomic mass is 10.0. The minimum Gasteiger partial charge on any atom is -0.366 e. The first-order valence-corrected chi connectivity index (χ1v) is 8.95. The number of nitrogens with two attached hydrogens (primary N) is 1. The van der Waals surface area contributed by atoms with Gasteiger partial charge in [-0.15, -0.1) is 0 Å². The number of rotatable bonds is 4. The predicted molar refractivity (Wildman–Crippen MR) is 103 cm³/mol. The molecule has 2 aromatic carbocycles. The number of nitrogens with zero attached hydrogens (tertiary/aromatic N) is 1. The van der Waals surface area contributed by atoms with Crippen LogP contribution in [0, 0.1) is 12.8 Å². The van der Waals surface area contributed by atoms with E-state index in [0.29, 0.717) is 24.2 Å². The van der Waals surface area contributed by atoms with Crippen molar-refractivity contribution in [1.82, 2.24) is 0 Å². The molecular weight excluding hydrogens is 398 g/mol. The fourth-order valence-corrected chi connectivity index (χ4v) is 3.53. The molecule has 0 saturated carbocycles. The molecule has 2 aromatic rings. The number of anilines is 2. The molecule has 0 aliphatic carbocycles. The highest BCUT2D eigenvalue weighted by Crippen LogP contribution is 2.29. The average molecular weight is 416 g/mol. The number of halogens is 1. The van der Waals surface area contributed by atoms with Gasteiger partial charge in [0.25, 0.3) is 5.91 Å². The van der Waals surface area contributed by atoms with Gasteiger partial charge in [0.15, 0.2) is 0 Å². The molecule has 0 radical (unpaired) electrons. The van der Waals surface area contributed by atoms with E-state index in [1.165, 1.54) is 0 Å². The second kappa shape index (κ2) is 7.29. The summed E-state index contributed by atoms with van der Waals surface area (Å²) in [5.74, 6) is -2.10. The highest BCUT2D eigenvalue weighted by molar-refractivity contribution is 9.10. The lowest BCUT2D eigenvalue weighted by molar-refractivity contribution is -0.129. The molecule has 1 saturated heterocycles. The summed E-state index contributed by atoms with van der Waals surface area (Å²) >= 11 is 3.38. The van der Waals surface area contributed by atoms with Crippen LogP contribution in [-0.4, -0.2) is 24.3 Å². The third kappa shape index (κ3) is 3.48. The highest BCUT2D eigenvalue weighted by Gasteiger charge is 2.38. The van der Waals surface area contributed by atoms with Crippen molar-refractivity contribution in [3.63, 3.8) is 0 Å². The monoisotopic (exact) mass is 415 g/mol. The molecule has 0 spiro atoms. The summed E-state index contributed by atoms with van der Waals surface area (Å²) in [4.78, 5) is 38.6. The molecule has 1 fully saturated rings. The molecule has 26 heavy (non-hydrogen) atoms. The zero-order valence-corrected chi connectivity index (χ0v) is 15.7. The smallest absolute Gasteiger partial charge is 0.251 e. The second-order valence-corrected chi connectivity index (χ2v) is 7.08. The van der Waals surface area contributed by atoms with Gasteiger partial charge in [-0.2, -0.15) is 0 Å². The first kappa shape index (κ1) is 18.1. The van der Waals surface area contributed by atoms with E-state index in [9.17, 15) is 14.4 Å². The quantitative estimate of drug-likeness (QED) is 0.751. The molecule has 1 aliphatic heterocycles. The van der Waals surface area contributed by atoms with E-state index >= 15 is 0 Å². The van der Waals surface area contributed by atoms with Crippen molar-refractivity contribution in [2.24, 2.45) is 11.7 Å². The normalized spacial score (nSPS) is 16.6. The minimum absolute atomic E-state index is 0.256. The second-order valence-electron chi connectivity index (χ2n) is 6.16. The van der Waals surface area contributed by atoms with Crippen molar-refractivity contribution >= 4 is 45.0 Å². The van der Waals surface area contributed by atoms with Crippen LogP contribution < -0.4 is 16.0 Å². The van der Waals surface area contributed by atoms with Crippen LogP contribution in [0.15, 0.2) is 46.9 Å². The van der Waals surface area contributed by atoms with Crippen LogP contribution in [0.2, 0.25) is 0 Å². The molecule has 0 aromatic heterocycles. The van der Waals surface area contributed by atoms with Crippen molar-refractivity contribution in [3.05, 3.63) is 58.1 Å². The number of benzene rings is 2. The molecule has 3 N–H and O–H groups in total. The standard InChI is InChI=1S/C19H18BrN3O3/c1-11-4-2-7-15(16(11)17(21)24)22-18(25)14-8-9-23(19(14)26)13-6-3-5-12(20)10-13/h2-7,10,14H,8-9H2,1H3,(H2,21,24)(H,22,25). The maximum Gasteiger partial charge on any atom is 0.251 e. The van der Waals surface area contributed by atoms with Crippen LogP contribution in [-0.2, 0) is 9.59 Å². The number of amides is 3. The maximum absolute atomic E-state index is 12.7. The van der Waals surface area contributed by atoms with Crippen LogP contribution >= 0.6 is 15.9 Å². The van der Waals surface area contributed by atoms with Crippen LogP contribution in [0.3, 0.4) is 0 Å². The van der Waals surface area contributed by atoms with E-state index in [0.717, 1.165) is 10.2 Å². The third-order valence-electron chi connectivity index (χ3n) is 4.42. The SMILES string of the molecule is Cc1cccc(NC(=O)C2CCN(c3cccc(Br)c3)C2=O)c1C(N)=O. The molecule has 1 aliphatic rings. The molecular formula is C19H18BrN3O3. The number of primary amides is 1. The Kier molecular flexibility index (Phi) is 5.08. The highest BCUT2D eigenvalue weighted by atomic mass is 79.9. The minimum atomic E-state index is -0.796. The van der Waals surface area contributed by atoms with Crippen LogP contribution in [0.5, 0.6) is 0 Å². The van der Waals surface area contributed by atoms with E-state index < -0.39 is 17.7 Å². The molecule has 0 bridgehead atoms. The van der Waals surface area contributed by atoms with Crippen molar-refractivity contribution < 1.29 is 14.4 Å². The number of hydrogen-bond donors (Lipinski definition) is 2. The summed E-state index contributed by atoms with van der Waals surface area (Å²) in [5.41, 5.74) is 7.42. The van der Waals surface area contributed by atoms with Gasteiger partial charge in [0, 0.05) is 16.7 Å². The van der Waals surface area contributed by atoms with Gasteiger partial charge in [0.1, 0.15) is 5.92 Å². The van der Waals surface area contributed by atoms with Crippen molar-refractivity contribution in [2.45, 2.75) is 13.3 Å². The van der Waals surface area contributed by atoms with Crippen molar-refractivity contribution in [3.8, 4) is 0 Å². The van der Waals surface area contributed by atoms with Crippen molar-refractivity contribution in [2.75, 3.05) is 16.8 Å². The van der Waals surface area contributed by atoms with Gasteiger partial charge in [-0.3, -0.25) is 14.4 Å². The molecule has 6 nitrogen and oxygen atoms in total. The molecule has 134 valence electrons. The van der Waals surface area contributed by atoms with Crippen LogP contribution in [0.25, 0.3) is 0 Å². The van der Waals surface area contributed by atoms with E-state index in [4.69, 9.17) is 5.73 Å². The number of aryl methyl sites for hydroxylation is 1. The average Bonchev–Trinajstić information content (AvgIpc) is 2.96. The van der Waals surface area contributed by atoms with Crippen molar-refractivity contribution in [1.29, 1.82) is 0 Å². The van der Waals surface area contributed by atoms with Gasteiger partial charge in [0.05, 0.1) is 11.3 Å². The summed E-state index contributed by atoms with van der Waals surface area (Å²) in [6.07, 6.45) is 0.412. The maximum atomic E-state index is 12.7. The molecule has 3 rings (SSSR count). The zero-order valence-electron chi connectivity index (χ0n) is 14.2. The van der Waals surface area contributed by atoms with E-state index in [-0.39, 0.29) is 11.5 Å². The van der Waals surface area contributed by atoms with Gasteiger partial charge in [-0.25, -0.2) is 0 Å². The summed E-state index contributed by atoms with van der Waals surface area (Å²) in [6.45, 7) is 2.20. The van der Waals surface area contributed by atoms with Gasteiger partial charge in [-0.1, -0.05) is 34.1 Å². The summed E-state index contributed by atoms with van der Waals surface area (Å²) < 4.78 is 0.863. The lowest BCUT2D eigenvalue weighted by Crippen LogP contribution is -2.33. The summed E-state index contributed by atoms with van der Waals surface area (Å²) in [6, 6.07) is 12.4. The summed E-state index contributed by atoms with van der Waals surface area (Å²) in [7, 11) is 0. The first-order valence-electron chi connectivity index (χ1n) is 8.15. The van der Waals surface area contributed by atoms with E-state index in [2.05, 4.69) is 21.2 Å². The van der Waals surface area contributed by atoms with Gasteiger partial charge in [-0.05, 0) is 43.2 Å². The molecule has 1 atom stereocenters. The van der Waals surface area contributed by atoms with Crippen LogP contribution in [0.4, 0.5) is 11.4 Å². The Labute approximate surface area is 159 Å². The Bertz CT molecular complexity index is 897. The van der Waals surface area contributed by atoms with Gasteiger partial charge < -0.3 is 16.0 Å². The van der Waals surface area contributed by atoms with E-state index in [1.807, 2.05) is 24.3 Å². The number of nitrogens with one attached hydrogen (secondary N) is 1. The topological polar surface area (TPSA) is 92.5 Å². The number of carbonyl (C=O) groups excluding carboxylic acids is 3.